The summed E-state index contributed by atoms with van der Waals surface area (Å²) >= 11 is 0. The summed E-state index contributed by atoms with van der Waals surface area (Å²) < 4.78 is 7.97. The lowest BCUT2D eigenvalue weighted by Crippen LogP contribution is -2.23. The average molecular weight is 283 g/mol. The third kappa shape index (κ3) is 2.59. The van der Waals surface area contributed by atoms with E-state index in [1.165, 1.54) is 5.56 Å². The summed E-state index contributed by atoms with van der Waals surface area (Å²) in [5.41, 5.74) is 4.30. The maximum absolute atomic E-state index is 6.05. The lowest BCUT2D eigenvalue weighted by atomic mass is 10.1. The predicted octanol–water partition coefficient (Wildman–Crippen LogP) is 3.48. The fourth-order valence-corrected chi connectivity index (χ4v) is 2.78. The molecule has 0 aliphatic heterocycles. The molecular weight excluding hydrogens is 262 g/mol. The average Bonchev–Trinajstić information content (AvgIpc) is 2.98. The Morgan fingerprint density at radius 2 is 2.05 bits per heavy atom. The number of nitrogens with one attached hydrogen (secondary N) is 1. The molecule has 0 saturated heterocycles. The fourth-order valence-electron chi connectivity index (χ4n) is 2.78. The first kappa shape index (κ1) is 13.9. The zero-order valence-electron chi connectivity index (χ0n) is 13.0. The van der Waals surface area contributed by atoms with Crippen molar-refractivity contribution in [2.45, 2.75) is 26.8 Å². The first-order chi connectivity index (χ1) is 10.1. The summed E-state index contributed by atoms with van der Waals surface area (Å²) in [6.45, 7) is 7.07. The first-order valence-electron chi connectivity index (χ1n) is 7.32. The van der Waals surface area contributed by atoms with Crippen LogP contribution < -0.4 is 5.32 Å². The van der Waals surface area contributed by atoms with Crippen LogP contribution in [0.2, 0.25) is 0 Å². The quantitative estimate of drug-likeness (QED) is 0.797. The van der Waals surface area contributed by atoms with Crippen LogP contribution in [-0.2, 0) is 7.05 Å². The van der Waals surface area contributed by atoms with Crippen molar-refractivity contribution in [3.05, 3.63) is 53.0 Å². The van der Waals surface area contributed by atoms with Gasteiger partial charge in [0.05, 0.1) is 11.4 Å². The Morgan fingerprint density at radius 1 is 1.24 bits per heavy atom. The lowest BCUT2D eigenvalue weighted by molar-refractivity contribution is 0.459. The Morgan fingerprint density at radius 3 is 2.71 bits per heavy atom. The Hall–Kier alpha value is -2.07. The standard InChI is InChI=1S/C17H21N3O/c1-5-18-17(14-9-12(3)19-20(14)4)16-10-13-8-11(2)6-7-15(13)21-16/h6-10,17-18H,5H2,1-4H3. The van der Waals surface area contributed by atoms with Crippen molar-refractivity contribution in [1.29, 1.82) is 0 Å². The largest absolute Gasteiger partial charge is 0.459 e. The molecule has 0 radical (unpaired) electrons. The van der Waals surface area contributed by atoms with E-state index < -0.39 is 0 Å². The van der Waals surface area contributed by atoms with Crippen LogP contribution >= 0.6 is 0 Å². The highest BCUT2D eigenvalue weighted by atomic mass is 16.3. The number of furan rings is 1. The molecule has 2 heterocycles. The van der Waals surface area contributed by atoms with E-state index in [0.29, 0.717) is 0 Å². The minimum Gasteiger partial charge on any atom is -0.459 e. The lowest BCUT2D eigenvalue weighted by Gasteiger charge is -2.15. The molecule has 0 fully saturated rings. The molecule has 1 atom stereocenters. The molecule has 0 amide bonds. The number of fused-ring (bicyclic) bond motifs is 1. The van der Waals surface area contributed by atoms with Crippen molar-refractivity contribution < 1.29 is 4.42 Å². The molecule has 1 unspecified atom stereocenters. The van der Waals surface area contributed by atoms with Crippen LogP contribution in [0.25, 0.3) is 11.0 Å². The third-order valence-electron chi connectivity index (χ3n) is 3.72. The van der Waals surface area contributed by atoms with Crippen molar-refractivity contribution in [1.82, 2.24) is 15.1 Å². The summed E-state index contributed by atoms with van der Waals surface area (Å²) in [5, 5.41) is 9.08. The summed E-state index contributed by atoms with van der Waals surface area (Å²) in [4.78, 5) is 0. The van der Waals surface area contributed by atoms with Crippen LogP contribution in [0.5, 0.6) is 0 Å². The molecule has 0 bridgehead atoms. The minimum absolute atomic E-state index is 0.0221. The molecule has 0 aliphatic rings. The van der Waals surface area contributed by atoms with Crippen LogP contribution in [0.3, 0.4) is 0 Å². The van der Waals surface area contributed by atoms with E-state index >= 15 is 0 Å². The van der Waals surface area contributed by atoms with Gasteiger partial charge in [-0.2, -0.15) is 5.10 Å². The van der Waals surface area contributed by atoms with Gasteiger partial charge >= 0.3 is 0 Å². The van der Waals surface area contributed by atoms with Crippen LogP contribution in [0.4, 0.5) is 0 Å². The van der Waals surface area contributed by atoms with E-state index in [4.69, 9.17) is 4.42 Å². The highest BCUT2D eigenvalue weighted by Gasteiger charge is 2.21. The molecule has 0 aliphatic carbocycles. The van der Waals surface area contributed by atoms with Gasteiger partial charge in [0.25, 0.3) is 0 Å². The van der Waals surface area contributed by atoms with Gasteiger partial charge in [-0.05, 0) is 44.7 Å². The monoisotopic (exact) mass is 283 g/mol. The van der Waals surface area contributed by atoms with Gasteiger partial charge in [0.15, 0.2) is 0 Å². The topological polar surface area (TPSA) is 43.0 Å². The molecule has 3 rings (SSSR count). The summed E-state index contributed by atoms with van der Waals surface area (Å²) in [7, 11) is 1.97. The molecule has 0 spiro atoms. The maximum Gasteiger partial charge on any atom is 0.134 e. The van der Waals surface area contributed by atoms with E-state index in [1.807, 2.05) is 24.7 Å². The van der Waals surface area contributed by atoms with Gasteiger partial charge in [0.1, 0.15) is 17.4 Å². The number of nitrogens with zero attached hydrogens (tertiary/aromatic N) is 2. The molecular formula is C17H21N3O. The van der Waals surface area contributed by atoms with E-state index in [1.54, 1.807) is 0 Å². The summed E-state index contributed by atoms with van der Waals surface area (Å²) in [5.74, 6) is 0.931. The van der Waals surface area contributed by atoms with Crippen molar-refractivity contribution in [2.75, 3.05) is 6.54 Å². The first-order valence-corrected chi connectivity index (χ1v) is 7.32. The van der Waals surface area contributed by atoms with Gasteiger partial charge < -0.3 is 9.73 Å². The fraction of sp³-hybridized carbons (Fsp3) is 0.353. The van der Waals surface area contributed by atoms with Crippen molar-refractivity contribution >= 4 is 11.0 Å². The zero-order valence-corrected chi connectivity index (χ0v) is 13.0. The number of aryl methyl sites for hydroxylation is 3. The molecule has 3 aromatic rings. The van der Waals surface area contributed by atoms with Gasteiger partial charge in [-0.25, -0.2) is 0 Å². The number of benzene rings is 1. The summed E-state index contributed by atoms with van der Waals surface area (Å²) in [6, 6.07) is 10.5. The number of rotatable bonds is 4. The minimum atomic E-state index is 0.0221. The zero-order chi connectivity index (χ0) is 15.0. The Kier molecular flexibility index (Phi) is 3.55. The number of aromatic nitrogens is 2. The SMILES string of the molecule is CCNC(c1cc2cc(C)ccc2o1)c1cc(C)nn1C. The predicted molar refractivity (Wildman–Crippen MR) is 84.4 cm³/mol. The Labute approximate surface area is 124 Å². The van der Waals surface area contributed by atoms with Gasteiger partial charge in [-0.3, -0.25) is 4.68 Å². The third-order valence-corrected chi connectivity index (χ3v) is 3.72. The second-order valence-electron chi connectivity index (χ2n) is 5.51. The second kappa shape index (κ2) is 5.37. The van der Waals surface area contributed by atoms with E-state index in [9.17, 15) is 0 Å². The van der Waals surface area contributed by atoms with Crippen LogP contribution in [-0.4, -0.2) is 16.3 Å². The molecule has 0 saturated carbocycles. The molecule has 110 valence electrons. The second-order valence-corrected chi connectivity index (χ2v) is 5.51. The Bertz CT molecular complexity index is 770. The summed E-state index contributed by atoms with van der Waals surface area (Å²) in [6.07, 6.45) is 0. The highest BCUT2D eigenvalue weighted by molar-refractivity contribution is 5.78. The number of hydrogen-bond donors (Lipinski definition) is 1. The van der Waals surface area contributed by atoms with Crippen LogP contribution in [0.1, 0.15) is 35.7 Å². The van der Waals surface area contributed by atoms with Crippen molar-refractivity contribution in [3.63, 3.8) is 0 Å². The Balaban J connectivity index is 2.08. The normalized spacial score (nSPS) is 13.0. The van der Waals surface area contributed by atoms with E-state index in [2.05, 4.69) is 48.5 Å². The highest BCUT2D eigenvalue weighted by Crippen LogP contribution is 2.29. The molecule has 1 aromatic carbocycles. The van der Waals surface area contributed by atoms with Crippen LogP contribution in [0, 0.1) is 13.8 Å². The van der Waals surface area contributed by atoms with Crippen molar-refractivity contribution in [2.24, 2.45) is 7.05 Å². The van der Waals surface area contributed by atoms with Crippen molar-refractivity contribution in [3.8, 4) is 0 Å². The van der Waals surface area contributed by atoms with Crippen LogP contribution in [0.15, 0.2) is 34.7 Å². The molecule has 4 nitrogen and oxygen atoms in total. The molecule has 2 aromatic heterocycles. The maximum atomic E-state index is 6.05. The smallest absolute Gasteiger partial charge is 0.134 e. The molecule has 1 N–H and O–H groups in total. The van der Waals surface area contributed by atoms with E-state index in [-0.39, 0.29) is 6.04 Å². The number of hydrogen-bond acceptors (Lipinski definition) is 3. The van der Waals surface area contributed by atoms with E-state index in [0.717, 1.165) is 34.7 Å². The van der Waals surface area contributed by atoms with Gasteiger partial charge in [-0.1, -0.05) is 18.6 Å². The van der Waals surface area contributed by atoms with Gasteiger partial charge in [0.2, 0.25) is 0 Å². The molecule has 4 heteroatoms. The van der Waals surface area contributed by atoms with Gasteiger partial charge in [0, 0.05) is 12.4 Å². The van der Waals surface area contributed by atoms with Gasteiger partial charge in [-0.15, -0.1) is 0 Å². The molecule has 21 heavy (non-hydrogen) atoms.